The molecule has 0 aliphatic carbocycles. The van der Waals surface area contributed by atoms with Crippen molar-refractivity contribution in [2.45, 2.75) is 25.9 Å². The van der Waals surface area contributed by atoms with Gasteiger partial charge in [-0.25, -0.2) is 4.79 Å². The summed E-state index contributed by atoms with van der Waals surface area (Å²) in [6.45, 7) is 2.17. The average molecular weight is 466 g/mol. The molecule has 0 heterocycles. The van der Waals surface area contributed by atoms with E-state index in [9.17, 15) is 28.0 Å². The fourth-order valence-corrected chi connectivity index (χ4v) is 2.71. The number of hydrogen-bond acceptors (Lipinski definition) is 5. The van der Waals surface area contributed by atoms with Gasteiger partial charge in [-0.05, 0) is 36.8 Å². The molecule has 0 fully saturated rings. The molecule has 10 heteroatoms. The van der Waals surface area contributed by atoms with Gasteiger partial charge in [0.25, 0.3) is 5.91 Å². The lowest BCUT2D eigenvalue weighted by atomic mass is 10.1. The van der Waals surface area contributed by atoms with Crippen LogP contribution in [0.3, 0.4) is 0 Å². The third kappa shape index (κ3) is 6.75. The zero-order chi connectivity index (χ0) is 23.7. The summed E-state index contributed by atoms with van der Waals surface area (Å²) < 4.78 is 44.1. The lowest BCUT2D eigenvalue weighted by Crippen LogP contribution is -2.18. The van der Waals surface area contributed by atoms with Gasteiger partial charge in [-0.1, -0.05) is 37.1 Å². The van der Waals surface area contributed by atoms with Crippen LogP contribution in [0.15, 0.2) is 54.2 Å². The summed E-state index contributed by atoms with van der Waals surface area (Å²) in [4.78, 5) is 24.7. The summed E-state index contributed by atoms with van der Waals surface area (Å²) in [5.74, 6) is -1.49. The molecule has 0 aromatic heterocycles. The summed E-state index contributed by atoms with van der Waals surface area (Å²) in [6, 6.07) is 10.8. The predicted molar refractivity (Wildman–Crippen MR) is 114 cm³/mol. The van der Waals surface area contributed by atoms with Crippen LogP contribution in [0, 0.1) is 11.3 Å². The number of unbranched alkanes of at least 4 members (excludes halogenated alkanes) is 1. The van der Waals surface area contributed by atoms with Crippen LogP contribution >= 0.6 is 11.6 Å². The normalized spacial score (nSPS) is 11.4. The van der Waals surface area contributed by atoms with Crippen LogP contribution in [0.4, 0.5) is 24.5 Å². The molecule has 0 unspecified atom stereocenters. The molecule has 0 aliphatic heterocycles. The van der Waals surface area contributed by atoms with Crippen LogP contribution < -0.4 is 10.6 Å². The van der Waals surface area contributed by atoms with E-state index in [2.05, 4.69) is 10.6 Å². The molecule has 2 aromatic carbocycles. The van der Waals surface area contributed by atoms with Gasteiger partial charge in [0.2, 0.25) is 0 Å². The summed E-state index contributed by atoms with van der Waals surface area (Å²) in [5.41, 5.74) is -1.28. The molecule has 2 N–H and O–H groups in total. The van der Waals surface area contributed by atoms with E-state index in [0.29, 0.717) is 6.42 Å². The molecule has 6 nitrogen and oxygen atoms in total. The first-order valence-corrected chi connectivity index (χ1v) is 9.86. The van der Waals surface area contributed by atoms with Crippen LogP contribution in [0.5, 0.6) is 0 Å². The topological polar surface area (TPSA) is 91.2 Å². The van der Waals surface area contributed by atoms with Gasteiger partial charge in [0, 0.05) is 11.9 Å². The molecular weight excluding hydrogens is 447 g/mol. The van der Waals surface area contributed by atoms with Gasteiger partial charge in [-0.15, -0.1) is 0 Å². The second-order valence-electron chi connectivity index (χ2n) is 6.50. The van der Waals surface area contributed by atoms with Crippen molar-refractivity contribution in [3.63, 3.8) is 0 Å². The SMILES string of the molecule is CCCCOC(=O)c1ccccc1NC(=O)/C(C#N)=C\Nc1ccc(Cl)c(C(F)(F)F)c1. The van der Waals surface area contributed by atoms with Gasteiger partial charge in [-0.3, -0.25) is 4.79 Å². The molecular formula is C22H19ClF3N3O3. The highest BCUT2D eigenvalue weighted by Gasteiger charge is 2.33. The number of esters is 1. The summed E-state index contributed by atoms with van der Waals surface area (Å²) >= 11 is 5.57. The Kier molecular flexibility index (Phi) is 8.67. The zero-order valence-corrected chi connectivity index (χ0v) is 17.7. The molecule has 32 heavy (non-hydrogen) atoms. The summed E-state index contributed by atoms with van der Waals surface area (Å²) in [5, 5.41) is 13.7. The van der Waals surface area contributed by atoms with E-state index in [1.54, 1.807) is 18.2 Å². The predicted octanol–water partition coefficient (Wildman–Crippen LogP) is 5.77. The molecule has 168 valence electrons. The van der Waals surface area contributed by atoms with Gasteiger partial charge in [0.15, 0.2) is 0 Å². The van der Waals surface area contributed by atoms with Gasteiger partial charge in [0.05, 0.1) is 28.4 Å². The molecule has 0 bridgehead atoms. The third-order valence-corrected chi connectivity index (χ3v) is 4.48. The number of benzene rings is 2. The highest BCUT2D eigenvalue weighted by Crippen LogP contribution is 2.36. The van der Waals surface area contributed by atoms with Crippen molar-refractivity contribution in [2.24, 2.45) is 0 Å². The number of nitrogens with one attached hydrogen (secondary N) is 2. The largest absolute Gasteiger partial charge is 0.462 e. The minimum Gasteiger partial charge on any atom is -0.462 e. The fraction of sp³-hybridized carbons (Fsp3) is 0.227. The Hall–Kier alpha value is -3.51. The number of halogens is 4. The number of nitrogens with zero attached hydrogens (tertiary/aromatic N) is 1. The number of hydrogen-bond donors (Lipinski definition) is 2. The second-order valence-corrected chi connectivity index (χ2v) is 6.90. The number of nitriles is 1. The van der Waals surface area contributed by atoms with Crippen molar-refractivity contribution in [2.75, 3.05) is 17.2 Å². The Morgan fingerprint density at radius 2 is 1.94 bits per heavy atom. The Balaban J connectivity index is 2.17. The van der Waals surface area contributed by atoms with Crippen LogP contribution in [0.1, 0.15) is 35.7 Å². The molecule has 0 atom stereocenters. The maximum absolute atomic E-state index is 13.0. The average Bonchev–Trinajstić information content (AvgIpc) is 2.75. The molecule has 0 saturated heterocycles. The summed E-state index contributed by atoms with van der Waals surface area (Å²) in [6.07, 6.45) is -2.18. The summed E-state index contributed by atoms with van der Waals surface area (Å²) in [7, 11) is 0. The van der Waals surface area contributed by atoms with Crippen LogP contribution in [-0.4, -0.2) is 18.5 Å². The standard InChI is InChI=1S/C22H19ClF3N3O3/c1-2-3-10-32-21(31)16-6-4-5-7-19(16)29-20(30)14(12-27)13-28-15-8-9-18(23)17(11-15)22(24,25)26/h4-9,11,13,28H,2-3,10H2,1H3,(H,29,30)/b14-13-. The molecule has 0 radical (unpaired) electrons. The molecule has 2 aromatic rings. The van der Waals surface area contributed by atoms with E-state index < -0.39 is 34.2 Å². The fourth-order valence-electron chi connectivity index (χ4n) is 2.48. The smallest absolute Gasteiger partial charge is 0.417 e. The number of amides is 1. The van der Waals surface area contributed by atoms with E-state index in [1.165, 1.54) is 18.2 Å². The van der Waals surface area contributed by atoms with Crippen molar-refractivity contribution >= 4 is 34.9 Å². The first kappa shape index (κ1) is 24.8. The first-order chi connectivity index (χ1) is 15.2. The Labute approximate surface area is 187 Å². The van der Waals surface area contributed by atoms with E-state index in [-0.39, 0.29) is 23.5 Å². The Morgan fingerprint density at radius 3 is 2.59 bits per heavy atom. The van der Waals surface area contributed by atoms with E-state index in [0.717, 1.165) is 24.8 Å². The molecule has 2 rings (SSSR count). The second kappa shape index (κ2) is 11.2. The van der Waals surface area contributed by atoms with Crippen molar-refractivity contribution in [1.82, 2.24) is 0 Å². The van der Waals surface area contributed by atoms with Crippen molar-refractivity contribution in [1.29, 1.82) is 5.26 Å². The lowest BCUT2D eigenvalue weighted by Gasteiger charge is -2.12. The minimum absolute atomic E-state index is 0.0258. The van der Waals surface area contributed by atoms with Gasteiger partial charge >= 0.3 is 12.1 Å². The number of rotatable bonds is 8. The van der Waals surface area contributed by atoms with Gasteiger partial charge < -0.3 is 15.4 Å². The number of anilines is 2. The number of alkyl halides is 3. The molecule has 1 amide bonds. The number of ether oxygens (including phenoxy) is 1. The highest BCUT2D eigenvalue weighted by molar-refractivity contribution is 6.31. The van der Waals surface area contributed by atoms with Crippen LogP contribution in [0.25, 0.3) is 0 Å². The monoisotopic (exact) mass is 465 g/mol. The van der Waals surface area contributed by atoms with Crippen LogP contribution in [-0.2, 0) is 15.7 Å². The quantitative estimate of drug-likeness (QED) is 0.223. The maximum Gasteiger partial charge on any atom is 0.417 e. The van der Waals surface area contributed by atoms with Crippen molar-refractivity contribution in [3.05, 3.63) is 70.4 Å². The number of carbonyl (C=O) groups excluding carboxylic acids is 2. The molecule has 0 aliphatic rings. The maximum atomic E-state index is 13.0. The van der Waals surface area contributed by atoms with E-state index >= 15 is 0 Å². The third-order valence-electron chi connectivity index (χ3n) is 4.15. The highest BCUT2D eigenvalue weighted by atomic mass is 35.5. The lowest BCUT2D eigenvalue weighted by molar-refractivity contribution is -0.137. The number of carbonyl (C=O) groups is 2. The van der Waals surface area contributed by atoms with Gasteiger partial charge in [0.1, 0.15) is 11.6 Å². The molecule has 0 spiro atoms. The zero-order valence-electron chi connectivity index (χ0n) is 16.9. The van der Waals surface area contributed by atoms with E-state index in [4.69, 9.17) is 16.3 Å². The van der Waals surface area contributed by atoms with Crippen LogP contribution in [0.2, 0.25) is 5.02 Å². The van der Waals surface area contributed by atoms with Crippen molar-refractivity contribution in [3.8, 4) is 6.07 Å². The molecule has 0 saturated carbocycles. The van der Waals surface area contributed by atoms with E-state index in [1.807, 2.05) is 6.92 Å². The van der Waals surface area contributed by atoms with Crippen molar-refractivity contribution < 1.29 is 27.5 Å². The Bertz CT molecular complexity index is 1060. The van der Waals surface area contributed by atoms with Gasteiger partial charge in [-0.2, -0.15) is 18.4 Å². The Morgan fingerprint density at radius 1 is 1.22 bits per heavy atom. The first-order valence-electron chi connectivity index (χ1n) is 9.48. The minimum atomic E-state index is -4.66. The number of para-hydroxylation sites is 1.